The average Bonchev–Trinajstić information content (AvgIpc) is 2.64. The second-order valence-corrected chi connectivity index (χ2v) is 3.95. The van der Waals surface area contributed by atoms with Crippen LogP contribution in [0.2, 0.25) is 0 Å². The van der Waals surface area contributed by atoms with Crippen molar-refractivity contribution < 1.29 is 9.90 Å². The predicted octanol–water partition coefficient (Wildman–Crippen LogP) is -1.51. The molecule has 1 saturated carbocycles. The summed E-state index contributed by atoms with van der Waals surface area (Å²) in [7, 11) is 0. The minimum atomic E-state index is -0.279. The molecule has 16 heavy (non-hydrogen) atoms. The van der Waals surface area contributed by atoms with Gasteiger partial charge >= 0.3 is 0 Å². The summed E-state index contributed by atoms with van der Waals surface area (Å²) in [4.78, 5) is 11.6. The highest BCUT2D eigenvalue weighted by Crippen LogP contribution is 2.19. The Morgan fingerprint density at radius 2 is 2.44 bits per heavy atom. The Hall–Kier alpha value is -1.47. The average molecular weight is 225 g/mol. The van der Waals surface area contributed by atoms with E-state index in [0.717, 1.165) is 0 Å². The molecule has 0 aliphatic heterocycles. The van der Waals surface area contributed by atoms with Gasteiger partial charge in [-0.15, -0.1) is 5.10 Å². The van der Waals surface area contributed by atoms with Crippen molar-refractivity contribution in [3.05, 3.63) is 11.9 Å². The summed E-state index contributed by atoms with van der Waals surface area (Å²) < 4.78 is 1.53. The van der Waals surface area contributed by atoms with Crippen LogP contribution in [0.5, 0.6) is 0 Å². The summed E-state index contributed by atoms with van der Waals surface area (Å²) in [6, 6.07) is 0.0576. The van der Waals surface area contributed by atoms with Crippen molar-refractivity contribution in [2.45, 2.75) is 31.5 Å². The molecule has 1 aromatic rings. The summed E-state index contributed by atoms with van der Waals surface area (Å²) in [5, 5.41) is 19.4. The number of amides is 1. The van der Waals surface area contributed by atoms with Gasteiger partial charge in [0.15, 0.2) is 5.69 Å². The quantitative estimate of drug-likeness (QED) is 0.577. The van der Waals surface area contributed by atoms with Crippen molar-refractivity contribution >= 4 is 5.91 Å². The van der Waals surface area contributed by atoms with E-state index in [2.05, 4.69) is 15.6 Å². The summed E-state index contributed by atoms with van der Waals surface area (Å²) >= 11 is 0. The van der Waals surface area contributed by atoms with Crippen LogP contribution >= 0.6 is 0 Å². The number of aliphatic hydroxyl groups excluding tert-OH is 1. The van der Waals surface area contributed by atoms with Crippen LogP contribution in [0.3, 0.4) is 0 Å². The number of nitrogens with zero attached hydrogens (tertiary/aromatic N) is 3. The van der Waals surface area contributed by atoms with Gasteiger partial charge in [0.05, 0.1) is 18.8 Å². The van der Waals surface area contributed by atoms with Gasteiger partial charge in [-0.05, 0) is 12.8 Å². The molecule has 7 heteroatoms. The number of carbonyl (C=O) groups excluding carboxylic acids is 1. The van der Waals surface area contributed by atoms with Gasteiger partial charge in [0.1, 0.15) is 0 Å². The van der Waals surface area contributed by atoms with Gasteiger partial charge in [0, 0.05) is 12.6 Å². The monoisotopic (exact) mass is 225 g/mol. The van der Waals surface area contributed by atoms with Crippen LogP contribution in [0, 0.1) is 0 Å². The molecular weight excluding hydrogens is 210 g/mol. The number of carbonyl (C=O) groups is 1. The van der Waals surface area contributed by atoms with E-state index >= 15 is 0 Å². The Balaban J connectivity index is 1.88. The molecule has 0 saturated heterocycles. The molecular formula is C9H15N5O2. The van der Waals surface area contributed by atoms with Gasteiger partial charge < -0.3 is 16.2 Å². The Kier molecular flexibility index (Phi) is 3.16. The summed E-state index contributed by atoms with van der Waals surface area (Å²) in [5.41, 5.74) is 5.64. The van der Waals surface area contributed by atoms with Gasteiger partial charge in [-0.1, -0.05) is 5.21 Å². The lowest BCUT2D eigenvalue weighted by atomic mass is 9.89. The third kappa shape index (κ3) is 2.37. The summed E-state index contributed by atoms with van der Waals surface area (Å²) in [5.74, 6) is -0.250. The second-order valence-electron chi connectivity index (χ2n) is 3.95. The zero-order chi connectivity index (χ0) is 11.5. The van der Waals surface area contributed by atoms with Gasteiger partial charge in [-0.25, -0.2) is 0 Å². The number of aromatic nitrogens is 3. The first kappa shape index (κ1) is 11.0. The molecule has 0 aromatic carbocycles. The molecule has 1 heterocycles. The lowest BCUT2D eigenvalue weighted by Crippen LogP contribution is -2.46. The lowest BCUT2D eigenvalue weighted by Gasteiger charge is -2.31. The molecule has 7 nitrogen and oxygen atoms in total. The van der Waals surface area contributed by atoms with E-state index in [-0.39, 0.29) is 23.7 Å². The second kappa shape index (κ2) is 4.58. The van der Waals surface area contributed by atoms with E-state index in [1.165, 1.54) is 4.68 Å². The summed E-state index contributed by atoms with van der Waals surface area (Å²) in [6.45, 7) is 1.00. The van der Waals surface area contributed by atoms with Crippen LogP contribution in [-0.2, 0) is 6.54 Å². The van der Waals surface area contributed by atoms with Crippen molar-refractivity contribution in [1.29, 1.82) is 0 Å². The molecule has 1 aromatic heterocycles. The molecule has 0 spiro atoms. The predicted molar refractivity (Wildman–Crippen MR) is 55.6 cm³/mol. The first-order valence-electron chi connectivity index (χ1n) is 5.28. The molecule has 88 valence electrons. The normalized spacial score (nSPS) is 23.9. The topological polar surface area (TPSA) is 106 Å². The van der Waals surface area contributed by atoms with Crippen molar-refractivity contribution in [3.8, 4) is 0 Å². The fraction of sp³-hybridized carbons (Fsp3) is 0.667. The number of rotatable bonds is 4. The first-order chi connectivity index (χ1) is 7.69. The Morgan fingerprint density at radius 3 is 3.06 bits per heavy atom. The Labute approximate surface area is 92.6 Å². The van der Waals surface area contributed by atoms with E-state index in [1.807, 2.05) is 0 Å². The zero-order valence-electron chi connectivity index (χ0n) is 8.83. The maximum absolute atomic E-state index is 11.6. The van der Waals surface area contributed by atoms with E-state index < -0.39 is 0 Å². The molecule has 0 bridgehead atoms. The fourth-order valence-electron chi connectivity index (χ4n) is 1.61. The highest BCUT2D eigenvalue weighted by atomic mass is 16.3. The Morgan fingerprint density at radius 1 is 1.69 bits per heavy atom. The third-order valence-electron chi connectivity index (χ3n) is 2.58. The van der Waals surface area contributed by atoms with Crippen LogP contribution in [0.25, 0.3) is 0 Å². The van der Waals surface area contributed by atoms with Crippen molar-refractivity contribution in [2.24, 2.45) is 5.73 Å². The highest BCUT2D eigenvalue weighted by Gasteiger charge is 2.29. The number of hydrogen-bond acceptors (Lipinski definition) is 5. The van der Waals surface area contributed by atoms with Crippen molar-refractivity contribution in [1.82, 2.24) is 20.3 Å². The number of aliphatic hydroxyl groups is 1. The number of hydrogen-bond donors (Lipinski definition) is 3. The molecule has 4 N–H and O–H groups in total. The first-order valence-corrected chi connectivity index (χ1v) is 5.28. The Bertz CT molecular complexity index is 372. The molecule has 1 fully saturated rings. The third-order valence-corrected chi connectivity index (χ3v) is 2.58. The zero-order valence-corrected chi connectivity index (χ0v) is 8.83. The smallest absolute Gasteiger partial charge is 0.273 e. The van der Waals surface area contributed by atoms with E-state index in [1.54, 1.807) is 6.20 Å². The van der Waals surface area contributed by atoms with E-state index in [0.29, 0.717) is 25.9 Å². The molecule has 1 aliphatic carbocycles. The SMILES string of the molecule is NCCn1cc(C(=O)NC2CC(O)C2)nn1. The molecule has 0 unspecified atom stereocenters. The molecule has 0 atom stereocenters. The molecule has 1 aliphatic rings. The molecule has 0 radical (unpaired) electrons. The van der Waals surface area contributed by atoms with Gasteiger partial charge in [0.2, 0.25) is 0 Å². The van der Waals surface area contributed by atoms with Crippen LogP contribution < -0.4 is 11.1 Å². The fourth-order valence-corrected chi connectivity index (χ4v) is 1.61. The largest absolute Gasteiger partial charge is 0.393 e. The van der Waals surface area contributed by atoms with Gasteiger partial charge in [0.25, 0.3) is 5.91 Å². The number of nitrogens with one attached hydrogen (secondary N) is 1. The minimum absolute atomic E-state index is 0.0576. The van der Waals surface area contributed by atoms with Gasteiger partial charge in [-0.2, -0.15) is 0 Å². The van der Waals surface area contributed by atoms with Crippen molar-refractivity contribution in [3.63, 3.8) is 0 Å². The maximum atomic E-state index is 11.6. The van der Waals surface area contributed by atoms with Crippen LogP contribution in [0.15, 0.2) is 6.20 Å². The van der Waals surface area contributed by atoms with Crippen LogP contribution in [-0.4, -0.2) is 44.7 Å². The summed E-state index contributed by atoms with van der Waals surface area (Å²) in [6.07, 6.45) is 2.51. The van der Waals surface area contributed by atoms with E-state index in [4.69, 9.17) is 10.8 Å². The number of nitrogens with two attached hydrogens (primary N) is 1. The minimum Gasteiger partial charge on any atom is -0.393 e. The van der Waals surface area contributed by atoms with Gasteiger partial charge in [-0.3, -0.25) is 9.48 Å². The molecule has 1 amide bonds. The maximum Gasteiger partial charge on any atom is 0.273 e. The standard InChI is InChI=1S/C9H15N5O2/c10-1-2-14-5-8(12-13-14)9(16)11-6-3-7(15)4-6/h5-7,15H,1-4,10H2,(H,11,16). The van der Waals surface area contributed by atoms with Crippen molar-refractivity contribution in [2.75, 3.05) is 6.54 Å². The van der Waals surface area contributed by atoms with Crippen LogP contribution in [0.4, 0.5) is 0 Å². The van der Waals surface area contributed by atoms with Crippen LogP contribution in [0.1, 0.15) is 23.3 Å². The van der Waals surface area contributed by atoms with E-state index in [9.17, 15) is 4.79 Å². The lowest BCUT2D eigenvalue weighted by molar-refractivity contribution is 0.0560. The molecule has 2 rings (SSSR count). The highest BCUT2D eigenvalue weighted by molar-refractivity contribution is 5.92.